The van der Waals surface area contributed by atoms with Crippen LogP contribution in [0.15, 0.2) is 35.2 Å². The molecule has 2 unspecified atom stereocenters. The second kappa shape index (κ2) is 9.97. The van der Waals surface area contributed by atoms with Gasteiger partial charge >= 0.3 is 15.2 Å². The minimum atomic E-state index is -4.78. The summed E-state index contributed by atoms with van der Waals surface area (Å²) >= 11 is 1.69. The molecule has 23 heavy (non-hydrogen) atoms. The lowest BCUT2D eigenvalue weighted by molar-refractivity contribution is 0.259. The number of hydrogen-bond acceptors (Lipinski definition) is 5. The predicted molar refractivity (Wildman–Crippen MR) is 91.7 cm³/mol. The summed E-state index contributed by atoms with van der Waals surface area (Å²) in [7, 11) is -9.19. The zero-order valence-corrected chi connectivity index (χ0v) is 15.5. The van der Waals surface area contributed by atoms with Crippen LogP contribution in [0.4, 0.5) is 0 Å². The summed E-state index contributed by atoms with van der Waals surface area (Å²) in [4.78, 5) is 29.2. The van der Waals surface area contributed by atoms with E-state index in [9.17, 15) is 23.8 Å². The second-order valence-electron chi connectivity index (χ2n) is 4.77. The first-order valence-corrected chi connectivity index (χ1v) is 11.5. The van der Waals surface area contributed by atoms with Crippen molar-refractivity contribution in [2.45, 2.75) is 30.2 Å². The molecule has 0 aliphatic rings. The quantitative estimate of drug-likeness (QED) is 0.262. The molecule has 2 atom stereocenters. The molecule has 0 spiro atoms. The van der Waals surface area contributed by atoms with Gasteiger partial charge < -0.3 is 19.2 Å². The van der Waals surface area contributed by atoms with Crippen molar-refractivity contribution in [3.8, 4) is 0 Å². The third-order valence-corrected chi connectivity index (χ3v) is 7.98. The van der Waals surface area contributed by atoms with Crippen LogP contribution < -0.4 is 5.32 Å². The van der Waals surface area contributed by atoms with E-state index in [1.807, 2.05) is 30.3 Å². The average molecular weight is 383 g/mol. The van der Waals surface area contributed by atoms with E-state index < -0.39 is 20.7 Å². The minimum Gasteiger partial charge on any atom is -0.323 e. The lowest BCUT2D eigenvalue weighted by Crippen LogP contribution is -2.30. The average Bonchev–Trinajstić information content (AvgIpc) is 2.45. The normalized spacial score (nSPS) is 16.0. The van der Waals surface area contributed by atoms with Gasteiger partial charge in [-0.2, -0.15) is 0 Å². The van der Waals surface area contributed by atoms with Gasteiger partial charge in [0.15, 0.2) is 0 Å². The highest BCUT2D eigenvalue weighted by atomic mass is 32.2. The van der Waals surface area contributed by atoms with Crippen molar-refractivity contribution in [3.05, 3.63) is 30.3 Å². The Hall–Kier alpha value is -0.170. The summed E-state index contributed by atoms with van der Waals surface area (Å²) in [6, 6.07) is 9.89. The molecule has 1 aromatic carbocycles. The van der Waals surface area contributed by atoms with Crippen LogP contribution in [0.3, 0.4) is 0 Å². The molecular formula is C13H23NO6P2S. The number of thioether (sulfide) groups is 1. The van der Waals surface area contributed by atoms with Crippen molar-refractivity contribution in [2.75, 3.05) is 18.9 Å². The zero-order chi connectivity index (χ0) is 17.3. The van der Waals surface area contributed by atoms with Gasteiger partial charge in [0.25, 0.3) is 0 Å². The summed E-state index contributed by atoms with van der Waals surface area (Å²) in [5.41, 5.74) is -1.88. The van der Waals surface area contributed by atoms with Crippen molar-refractivity contribution in [2.24, 2.45) is 0 Å². The van der Waals surface area contributed by atoms with E-state index >= 15 is 0 Å². The highest BCUT2D eigenvalue weighted by Gasteiger charge is 2.44. The second-order valence-corrected chi connectivity index (χ2v) is 9.94. The number of nitrogens with one attached hydrogen (secondary N) is 1. The van der Waals surface area contributed by atoms with E-state index in [4.69, 9.17) is 0 Å². The summed E-state index contributed by atoms with van der Waals surface area (Å²) in [6.07, 6.45) is 1.44. The van der Waals surface area contributed by atoms with Crippen molar-refractivity contribution in [1.29, 1.82) is 0 Å². The lowest BCUT2D eigenvalue weighted by atomic mass is 10.3. The van der Waals surface area contributed by atoms with E-state index in [-0.39, 0.29) is 13.2 Å². The molecule has 0 fully saturated rings. The number of rotatable bonds is 11. The first kappa shape index (κ1) is 20.9. The Morgan fingerprint density at radius 2 is 1.83 bits per heavy atom. The molecule has 0 aliphatic carbocycles. The fraction of sp³-hybridized carbons (Fsp3) is 0.538. The fourth-order valence-corrected chi connectivity index (χ4v) is 5.74. The first-order chi connectivity index (χ1) is 10.8. The molecule has 0 aliphatic heterocycles. The molecule has 0 heterocycles. The fourth-order valence-electron chi connectivity index (χ4n) is 1.84. The van der Waals surface area contributed by atoms with E-state index in [0.29, 0.717) is 6.42 Å². The smallest absolute Gasteiger partial charge is 0.323 e. The molecule has 7 nitrogen and oxygen atoms in total. The van der Waals surface area contributed by atoms with E-state index in [2.05, 4.69) is 9.84 Å². The van der Waals surface area contributed by atoms with Crippen LogP contribution in [-0.2, 0) is 13.7 Å². The molecule has 0 radical (unpaired) electrons. The van der Waals surface area contributed by atoms with Gasteiger partial charge in [0.05, 0.1) is 6.61 Å². The highest BCUT2D eigenvalue weighted by molar-refractivity contribution is 7.99. The number of hydrogen-bond donors (Lipinski definition) is 4. The van der Waals surface area contributed by atoms with Gasteiger partial charge in [0.1, 0.15) is 0 Å². The Balaban J connectivity index is 2.36. The maximum atomic E-state index is 11.8. The molecule has 132 valence electrons. The SMILES string of the molecule is CCOP(=O)(O)C(NCCCCSc1ccccc1)P(=O)(O)O. The van der Waals surface area contributed by atoms with E-state index in [1.165, 1.54) is 6.92 Å². The third kappa shape index (κ3) is 7.96. The van der Waals surface area contributed by atoms with Gasteiger partial charge in [-0.15, -0.1) is 11.8 Å². The van der Waals surface area contributed by atoms with Crippen LogP contribution in [0.25, 0.3) is 0 Å². The Morgan fingerprint density at radius 3 is 2.39 bits per heavy atom. The molecule has 10 heteroatoms. The van der Waals surface area contributed by atoms with Crippen molar-refractivity contribution >= 4 is 27.0 Å². The van der Waals surface area contributed by atoms with E-state index in [1.54, 1.807) is 11.8 Å². The van der Waals surface area contributed by atoms with Crippen molar-refractivity contribution in [1.82, 2.24) is 5.32 Å². The molecule has 0 saturated carbocycles. The van der Waals surface area contributed by atoms with Gasteiger partial charge in [0.2, 0.25) is 5.52 Å². The van der Waals surface area contributed by atoms with Gasteiger partial charge in [-0.1, -0.05) is 18.2 Å². The van der Waals surface area contributed by atoms with E-state index in [0.717, 1.165) is 17.1 Å². The monoisotopic (exact) mass is 383 g/mol. The van der Waals surface area contributed by atoms with Crippen molar-refractivity contribution in [3.63, 3.8) is 0 Å². The third-order valence-electron chi connectivity index (χ3n) is 2.85. The van der Waals surface area contributed by atoms with Crippen LogP contribution >= 0.6 is 27.0 Å². The Labute approximate surface area is 140 Å². The maximum Gasteiger partial charge on any atom is 0.357 e. The lowest BCUT2D eigenvalue weighted by Gasteiger charge is -2.23. The standard InChI is InChI=1S/C13H23NO6P2S/c1-2-20-22(18,19)13(21(15,16)17)14-10-6-7-11-23-12-8-4-3-5-9-12/h3-5,8-9,13-14H,2,6-7,10-11H2,1H3,(H,18,19)(H2,15,16,17). The number of benzene rings is 1. The molecule has 0 amide bonds. The Morgan fingerprint density at radius 1 is 1.17 bits per heavy atom. The maximum absolute atomic E-state index is 11.8. The molecule has 0 saturated heterocycles. The summed E-state index contributed by atoms with van der Waals surface area (Å²) in [5.74, 6) is 0.856. The predicted octanol–water partition coefficient (Wildman–Crippen LogP) is 2.83. The van der Waals surface area contributed by atoms with Gasteiger partial charge in [-0.25, -0.2) is 0 Å². The zero-order valence-electron chi connectivity index (χ0n) is 12.9. The Bertz CT molecular complexity index is 553. The molecular weight excluding hydrogens is 360 g/mol. The first-order valence-electron chi connectivity index (χ1n) is 7.21. The van der Waals surface area contributed by atoms with Crippen molar-refractivity contribution < 1.29 is 28.3 Å². The molecule has 1 aromatic rings. The van der Waals surface area contributed by atoms with Crippen LogP contribution in [-0.4, -0.2) is 39.1 Å². The van der Waals surface area contributed by atoms with Gasteiger partial charge in [-0.05, 0) is 44.2 Å². The van der Waals surface area contributed by atoms with Crippen LogP contribution in [0.2, 0.25) is 0 Å². The highest BCUT2D eigenvalue weighted by Crippen LogP contribution is 2.61. The topological polar surface area (TPSA) is 116 Å². The summed E-state index contributed by atoms with van der Waals surface area (Å²) < 4.78 is 27.8. The Kier molecular flexibility index (Phi) is 9.04. The molecule has 0 bridgehead atoms. The summed E-state index contributed by atoms with van der Waals surface area (Å²) in [5, 5.41) is 2.47. The molecule has 0 aromatic heterocycles. The molecule has 1 rings (SSSR count). The minimum absolute atomic E-state index is 0.0975. The van der Waals surface area contributed by atoms with Crippen LogP contribution in [0.5, 0.6) is 0 Å². The number of unbranched alkanes of at least 4 members (excludes halogenated alkanes) is 1. The van der Waals surface area contributed by atoms with Gasteiger partial charge in [0, 0.05) is 4.90 Å². The van der Waals surface area contributed by atoms with Crippen LogP contribution in [0.1, 0.15) is 19.8 Å². The summed E-state index contributed by atoms with van der Waals surface area (Å²) in [6.45, 7) is 1.61. The largest absolute Gasteiger partial charge is 0.357 e. The molecule has 4 N–H and O–H groups in total. The van der Waals surface area contributed by atoms with Crippen LogP contribution in [0, 0.1) is 0 Å². The van der Waals surface area contributed by atoms with Gasteiger partial charge in [-0.3, -0.25) is 14.4 Å².